The number of ether oxygens (including phenoxy) is 1. The van der Waals surface area contributed by atoms with Crippen LogP contribution in [0.15, 0.2) is 48.5 Å². The van der Waals surface area contributed by atoms with Crippen LogP contribution in [0.3, 0.4) is 0 Å². The summed E-state index contributed by atoms with van der Waals surface area (Å²) in [4.78, 5) is 26.6. The molecule has 2 aromatic rings. The molecule has 1 N–H and O–H groups in total. The second-order valence-corrected chi connectivity index (χ2v) is 7.21. The maximum absolute atomic E-state index is 13.1. The van der Waals surface area contributed by atoms with Crippen LogP contribution in [0.1, 0.15) is 37.5 Å². The molecule has 0 saturated carbocycles. The molecule has 1 aliphatic rings. The molecule has 5 heteroatoms. The first-order chi connectivity index (χ1) is 11.6. The van der Waals surface area contributed by atoms with Gasteiger partial charge in [-0.2, -0.15) is 0 Å². The van der Waals surface area contributed by atoms with Crippen LogP contribution in [0.4, 0.5) is 10.5 Å². The molecule has 0 saturated heterocycles. The third-order valence-electron chi connectivity index (χ3n) is 4.09. The number of rotatable bonds is 1. The Hall–Kier alpha value is -2.66. The fraction of sp³-hybridized carbons (Fsp3) is 0.300. The van der Waals surface area contributed by atoms with Gasteiger partial charge in [-0.05, 0) is 39.3 Å². The molecular formula is C20H21NO4. The van der Waals surface area contributed by atoms with Gasteiger partial charge >= 0.3 is 6.09 Å². The molecule has 2 amide bonds. The van der Waals surface area contributed by atoms with E-state index >= 15 is 0 Å². The summed E-state index contributed by atoms with van der Waals surface area (Å²) in [6.07, 6.45) is -0.798. The average Bonchev–Trinajstić information content (AvgIpc) is 2.76. The van der Waals surface area contributed by atoms with E-state index in [1.54, 1.807) is 57.2 Å². The van der Waals surface area contributed by atoms with Crippen molar-refractivity contribution in [2.75, 3.05) is 4.90 Å². The van der Waals surface area contributed by atoms with Crippen molar-refractivity contribution in [2.45, 2.75) is 38.9 Å². The van der Waals surface area contributed by atoms with Gasteiger partial charge in [0.25, 0.3) is 5.91 Å². The van der Waals surface area contributed by atoms with Crippen molar-refractivity contribution in [3.63, 3.8) is 0 Å². The molecule has 3 rings (SSSR count). The molecule has 0 unspecified atom stereocenters. The summed E-state index contributed by atoms with van der Waals surface area (Å²) < 4.78 is 5.35. The molecule has 0 bridgehead atoms. The topological polar surface area (TPSA) is 66.8 Å². The first kappa shape index (κ1) is 17.2. The average molecular weight is 339 g/mol. The van der Waals surface area contributed by atoms with E-state index in [0.717, 1.165) is 10.5 Å². The van der Waals surface area contributed by atoms with Crippen LogP contribution in [0, 0.1) is 6.92 Å². The quantitative estimate of drug-likeness (QED) is 0.863. The molecule has 2 aromatic carbocycles. The molecule has 0 radical (unpaired) electrons. The number of anilines is 1. The molecule has 0 aromatic heterocycles. The molecular weight excluding hydrogens is 318 g/mol. The highest BCUT2D eigenvalue weighted by atomic mass is 16.6. The van der Waals surface area contributed by atoms with Crippen molar-refractivity contribution in [2.24, 2.45) is 0 Å². The van der Waals surface area contributed by atoms with Crippen LogP contribution in [0.2, 0.25) is 0 Å². The van der Waals surface area contributed by atoms with E-state index in [1.807, 2.05) is 19.1 Å². The van der Waals surface area contributed by atoms with Crippen LogP contribution in [0.5, 0.6) is 0 Å². The molecule has 0 aliphatic carbocycles. The predicted molar refractivity (Wildman–Crippen MR) is 94.3 cm³/mol. The minimum absolute atomic E-state index is 0.338. The number of benzene rings is 2. The highest BCUT2D eigenvalue weighted by Gasteiger charge is 2.54. The molecule has 25 heavy (non-hydrogen) atoms. The SMILES string of the molecule is Cc1ccc([C@]2(O)C(=O)N(C(=O)OC(C)(C)C)c3ccccc32)cc1. The Bertz CT molecular complexity index is 836. The summed E-state index contributed by atoms with van der Waals surface area (Å²) in [5, 5.41) is 11.3. The van der Waals surface area contributed by atoms with Gasteiger partial charge in [0.15, 0.2) is 5.60 Å². The lowest BCUT2D eigenvalue weighted by molar-refractivity contribution is -0.131. The summed E-state index contributed by atoms with van der Waals surface area (Å²) in [5.41, 5.74) is -0.533. The highest BCUT2D eigenvalue weighted by molar-refractivity contribution is 6.21. The highest BCUT2D eigenvalue weighted by Crippen LogP contribution is 2.44. The molecule has 1 atom stereocenters. The summed E-state index contributed by atoms with van der Waals surface area (Å²) in [6.45, 7) is 7.10. The minimum Gasteiger partial charge on any atom is -0.443 e. The number of hydrogen-bond acceptors (Lipinski definition) is 4. The van der Waals surface area contributed by atoms with E-state index in [9.17, 15) is 14.7 Å². The Labute approximate surface area is 146 Å². The van der Waals surface area contributed by atoms with Crippen LogP contribution in [0.25, 0.3) is 0 Å². The number of hydrogen-bond donors (Lipinski definition) is 1. The van der Waals surface area contributed by atoms with Gasteiger partial charge < -0.3 is 9.84 Å². The van der Waals surface area contributed by atoms with Gasteiger partial charge in [-0.3, -0.25) is 4.79 Å². The second kappa shape index (κ2) is 5.70. The van der Waals surface area contributed by atoms with Crippen molar-refractivity contribution in [3.05, 3.63) is 65.2 Å². The molecule has 5 nitrogen and oxygen atoms in total. The van der Waals surface area contributed by atoms with Crippen molar-refractivity contribution < 1.29 is 19.4 Å². The van der Waals surface area contributed by atoms with Gasteiger partial charge in [0.1, 0.15) is 5.60 Å². The normalized spacial score (nSPS) is 19.7. The van der Waals surface area contributed by atoms with E-state index in [2.05, 4.69) is 0 Å². The van der Waals surface area contributed by atoms with E-state index in [4.69, 9.17) is 4.74 Å². The number of aryl methyl sites for hydroxylation is 1. The monoisotopic (exact) mass is 339 g/mol. The summed E-state index contributed by atoms with van der Waals surface area (Å²) in [6, 6.07) is 13.7. The molecule has 1 aliphatic heterocycles. The summed E-state index contributed by atoms with van der Waals surface area (Å²) in [5.74, 6) is -0.730. The lowest BCUT2D eigenvalue weighted by atomic mass is 9.87. The largest absolute Gasteiger partial charge is 0.443 e. The van der Waals surface area contributed by atoms with Crippen LogP contribution in [-0.2, 0) is 15.1 Å². The predicted octanol–water partition coefficient (Wildman–Crippen LogP) is 3.51. The fourth-order valence-corrected chi connectivity index (χ4v) is 2.92. The first-order valence-corrected chi connectivity index (χ1v) is 8.11. The Kier molecular flexibility index (Phi) is 3.92. The minimum atomic E-state index is -1.92. The van der Waals surface area contributed by atoms with Crippen molar-refractivity contribution in [1.82, 2.24) is 0 Å². The van der Waals surface area contributed by atoms with E-state index in [-0.39, 0.29) is 0 Å². The first-order valence-electron chi connectivity index (χ1n) is 8.11. The maximum atomic E-state index is 13.1. The van der Waals surface area contributed by atoms with Gasteiger partial charge in [0.2, 0.25) is 0 Å². The lowest BCUT2D eigenvalue weighted by Gasteiger charge is -2.25. The molecule has 0 fully saturated rings. The number of fused-ring (bicyclic) bond motifs is 1. The Morgan fingerprint density at radius 3 is 2.28 bits per heavy atom. The van der Waals surface area contributed by atoms with Crippen molar-refractivity contribution in [3.8, 4) is 0 Å². The van der Waals surface area contributed by atoms with Gasteiger partial charge in [-0.15, -0.1) is 0 Å². The third kappa shape index (κ3) is 2.81. The number of nitrogens with zero attached hydrogens (tertiary/aromatic N) is 1. The number of aliphatic hydroxyl groups is 1. The molecule has 1 heterocycles. The number of carbonyl (C=O) groups excluding carboxylic acids is 2. The molecule has 0 spiro atoms. The van der Waals surface area contributed by atoms with Crippen LogP contribution in [-0.4, -0.2) is 22.7 Å². The van der Waals surface area contributed by atoms with Gasteiger partial charge in [-0.25, -0.2) is 9.69 Å². The number of imide groups is 1. The fourth-order valence-electron chi connectivity index (χ4n) is 2.92. The third-order valence-corrected chi connectivity index (χ3v) is 4.09. The van der Waals surface area contributed by atoms with Crippen molar-refractivity contribution >= 4 is 17.7 Å². The number of para-hydroxylation sites is 1. The Morgan fingerprint density at radius 2 is 1.68 bits per heavy atom. The second-order valence-electron chi connectivity index (χ2n) is 7.21. The van der Waals surface area contributed by atoms with Crippen molar-refractivity contribution in [1.29, 1.82) is 0 Å². The number of carbonyl (C=O) groups is 2. The Balaban J connectivity index is 2.12. The number of amides is 2. The zero-order valence-corrected chi connectivity index (χ0v) is 14.7. The maximum Gasteiger partial charge on any atom is 0.421 e. The van der Waals surface area contributed by atoms with Gasteiger partial charge in [0.05, 0.1) is 5.69 Å². The van der Waals surface area contributed by atoms with E-state index in [0.29, 0.717) is 16.8 Å². The summed E-state index contributed by atoms with van der Waals surface area (Å²) in [7, 11) is 0. The van der Waals surface area contributed by atoms with Gasteiger partial charge in [-0.1, -0.05) is 48.0 Å². The smallest absolute Gasteiger partial charge is 0.421 e. The zero-order chi connectivity index (χ0) is 18.4. The van der Waals surface area contributed by atoms with Gasteiger partial charge in [0, 0.05) is 5.56 Å². The van der Waals surface area contributed by atoms with Crippen LogP contribution >= 0.6 is 0 Å². The zero-order valence-electron chi connectivity index (χ0n) is 14.7. The Morgan fingerprint density at radius 1 is 1.08 bits per heavy atom. The standard InChI is InChI=1S/C20H21NO4/c1-13-9-11-14(12-10-13)20(24)15-7-5-6-8-16(15)21(17(20)22)18(23)25-19(2,3)4/h5-12,24H,1-4H3/t20-/m1/s1. The van der Waals surface area contributed by atoms with E-state index in [1.165, 1.54) is 0 Å². The molecule has 130 valence electrons. The van der Waals surface area contributed by atoms with Crippen LogP contribution < -0.4 is 4.90 Å². The lowest BCUT2D eigenvalue weighted by Crippen LogP contribution is -2.45. The van der Waals surface area contributed by atoms with E-state index < -0.39 is 23.2 Å². The summed E-state index contributed by atoms with van der Waals surface area (Å²) >= 11 is 0.